The van der Waals surface area contributed by atoms with Gasteiger partial charge < -0.3 is 14.8 Å². The summed E-state index contributed by atoms with van der Waals surface area (Å²) in [4.78, 5) is 0. The zero-order valence-corrected chi connectivity index (χ0v) is 12.7. The topological polar surface area (TPSA) is 30.5 Å². The average molecular weight is 275 g/mol. The number of benzene rings is 1. The van der Waals surface area contributed by atoms with Gasteiger partial charge in [0.15, 0.2) is 0 Å². The van der Waals surface area contributed by atoms with E-state index in [-0.39, 0.29) is 5.41 Å². The first-order chi connectivity index (χ1) is 9.63. The van der Waals surface area contributed by atoms with Crippen LogP contribution in [0.3, 0.4) is 0 Å². The van der Waals surface area contributed by atoms with Crippen LogP contribution in [0.5, 0.6) is 5.75 Å². The molecule has 1 saturated carbocycles. The maximum Gasteiger partial charge on any atom is 0.119 e. The molecule has 0 aromatic heterocycles. The fourth-order valence-corrected chi connectivity index (χ4v) is 3.81. The fourth-order valence-electron chi connectivity index (χ4n) is 3.81. The van der Waals surface area contributed by atoms with E-state index in [1.165, 1.54) is 18.5 Å². The largest absolute Gasteiger partial charge is 0.494 e. The lowest BCUT2D eigenvalue weighted by molar-refractivity contribution is -0.177. The molecular formula is C17H25NO2. The van der Waals surface area contributed by atoms with Crippen LogP contribution in [0.15, 0.2) is 24.3 Å². The van der Waals surface area contributed by atoms with Crippen molar-refractivity contribution >= 4 is 5.69 Å². The Morgan fingerprint density at radius 2 is 2.05 bits per heavy atom. The van der Waals surface area contributed by atoms with Crippen molar-refractivity contribution in [2.45, 2.75) is 45.8 Å². The van der Waals surface area contributed by atoms with Crippen molar-refractivity contribution in [1.82, 2.24) is 0 Å². The molecule has 1 N–H and O–H groups in total. The van der Waals surface area contributed by atoms with Crippen LogP contribution in [0.1, 0.15) is 33.6 Å². The van der Waals surface area contributed by atoms with E-state index in [0.29, 0.717) is 24.7 Å². The molecule has 1 saturated heterocycles. The standard InChI is InChI=1S/C17H25NO2/c1-4-19-13-9-7-12(8-10-13)18-15-14-6-5-11-20-16(14)17(15,2)3/h7-10,14-16,18H,4-6,11H2,1-3H3. The molecule has 3 heteroatoms. The molecule has 0 spiro atoms. The minimum Gasteiger partial charge on any atom is -0.494 e. The highest BCUT2D eigenvalue weighted by atomic mass is 16.5. The molecule has 0 amide bonds. The summed E-state index contributed by atoms with van der Waals surface area (Å²) < 4.78 is 11.4. The first-order valence-electron chi connectivity index (χ1n) is 7.74. The Hall–Kier alpha value is -1.22. The summed E-state index contributed by atoms with van der Waals surface area (Å²) in [7, 11) is 0. The Labute approximate surface area is 121 Å². The molecule has 110 valence electrons. The van der Waals surface area contributed by atoms with E-state index in [2.05, 4.69) is 31.3 Å². The first kappa shape index (κ1) is 13.7. The lowest BCUT2D eigenvalue weighted by Gasteiger charge is -2.60. The lowest BCUT2D eigenvalue weighted by Crippen LogP contribution is -2.67. The van der Waals surface area contributed by atoms with Gasteiger partial charge in [-0.15, -0.1) is 0 Å². The molecule has 1 aromatic carbocycles. The van der Waals surface area contributed by atoms with Crippen LogP contribution in [0.2, 0.25) is 0 Å². The Balaban J connectivity index is 1.67. The lowest BCUT2D eigenvalue weighted by atomic mass is 9.55. The Morgan fingerprint density at radius 1 is 1.30 bits per heavy atom. The smallest absolute Gasteiger partial charge is 0.119 e. The molecule has 3 unspecified atom stereocenters. The van der Waals surface area contributed by atoms with Crippen molar-refractivity contribution in [3.63, 3.8) is 0 Å². The Kier molecular flexibility index (Phi) is 3.63. The molecule has 1 aromatic rings. The number of fused-ring (bicyclic) bond motifs is 1. The van der Waals surface area contributed by atoms with E-state index in [1.807, 2.05) is 19.1 Å². The van der Waals surface area contributed by atoms with Crippen LogP contribution in [0.25, 0.3) is 0 Å². The third kappa shape index (κ3) is 2.28. The molecule has 1 aliphatic heterocycles. The van der Waals surface area contributed by atoms with E-state index < -0.39 is 0 Å². The summed E-state index contributed by atoms with van der Waals surface area (Å²) in [5, 5.41) is 3.70. The van der Waals surface area contributed by atoms with Gasteiger partial charge in [-0.1, -0.05) is 13.8 Å². The zero-order valence-electron chi connectivity index (χ0n) is 12.7. The van der Waals surface area contributed by atoms with Gasteiger partial charge in [0.25, 0.3) is 0 Å². The number of hydrogen-bond donors (Lipinski definition) is 1. The van der Waals surface area contributed by atoms with E-state index in [4.69, 9.17) is 9.47 Å². The van der Waals surface area contributed by atoms with Crippen LogP contribution in [-0.4, -0.2) is 25.4 Å². The Morgan fingerprint density at radius 3 is 2.75 bits per heavy atom. The molecule has 3 nitrogen and oxygen atoms in total. The van der Waals surface area contributed by atoms with E-state index in [0.717, 1.165) is 12.4 Å². The van der Waals surface area contributed by atoms with Gasteiger partial charge >= 0.3 is 0 Å². The van der Waals surface area contributed by atoms with Gasteiger partial charge in [0.1, 0.15) is 5.75 Å². The maximum atomic E-state index is 5.95. The molecule has 20 heavy (non-hydrogen) atoms. The second-order valence-corrected chi connectivity index (χ2v) is 6.50. The molecule has 1 heterocycles. The van der Waals surface area contributed by atoms with Gasteiger partial charge in [0.05, 0.1) is 12.7 Å². The van der Waals surface area contributed by atoms with Crippen LogP contribution in [0.4, 0.5) is 5.69 Å². The quantitative estimate of drug-likeness (QED) is 0.909. The number of anilines is 1. The fraction of sp³-hybridized carbons (Fsp3) is 0.647. The van der Waals surface area contributed by atoms with Gasteiger partial charge in [-0.05, 0) is 44.0 Å². The predicted molar refractivity (Wildman–Crippen MR) is 81.3 cm³/mol. The van der Waals surface area contributed by atoms with Gasteiger partial charge in [-0.25, -0.2) is 0 Å². The van der Waals surface area contributed by atoms with E-state index in [9.17, 15) is 0 Å². The van der Waals surface area contributed by atoms with E-state index in [1.54, 1.807) is 0 Å². The minimum atomic E-state index is 0.212. The summed E-state index contributed by atoms with van der Waals surface area (Å²) in [6.45, 7) is 8.27. The minimum absolute atomic E-state index is 0.212. The third-order valence-corrected chi connectivity index (χ3v) is 4.82. The Bertz CT molecular complexity index is 455. The van der Waals surface area contributed by atoms with Crippen LogP contribution >= 0.6 is 0 Å². The van der Waals surface area contributed by atoms with Crippen LogP contribution in [-0.2, 0) is 4.74 Å². The summed E-state index contributed by atoms with van der Waals surface area (Å²) >= 11 is 0. The predicted octanol–water partition coefficient (Wildman–Crippen LogP) is 3.70. The summed E-state index contributed by atoms with van der Waals surface area (Å²) in [5.74, 6) is 1.59. The van der Waals surface area contributed by atoms with Crippen molar-refractivity contribution in [3.05, 3.63) is 24.3 Å². The normalized spacial score (nSPS) is 31.1. The average Bonchev–Trinajstić information content (AvgIpc) is 2.47. The SMILES string of the molecule is CCOc1ccc(NC2C3CCCOC3C2(C)C)cc1. The van der Waals surface area contributed by atoms with Crippen molar-refractivity contribution in [3.8, 4) is 5.75 Å². The van der Waals surface area contributed by atoms with E-state index >= 15 is 0 Å². The second kappa shape index (κ2) is 5.28. The molecular weight excluding hydrogens is 250 g/mol. The zero-order chi connectivity index (χ0) is 14.2. The molecule has 0 bridgehead atoms. The van der Waals surface area contributed by atoms with Crippen molar-refractivity contribution in [2.75, 3.05) is 18.5 Å². The molecule has 3 atom stereocenters. The van der Waals surface area contributed by atoms with Gasteiger partial charge in [-0.3, -0.25) is 0 Å². The molecule has 0 radical (unpaired) electrons. The summed E-state index contributed by atoms with van der Waals surface area (Å²) in [5.41, 5.74) is 1.39. The van der Waals surface area contributed by atoms with Crippen molar-refractivity contribution < 1.29 is 9.47 Å². The molecule has 3 rings (SSSR count). The highest BCUT2D eigenvalue weighted by molar-refractivity contribution is 5.48. The summed E-state index contributed by atoms with van der Waals surface area (Å²) in [6, 6.07) is 8.79. The van der Waals surface area contributed by atoms with Gasteiger partial charge in [0.2, 0.25) is 0 Å². The molecule has 2 fully saturated rings. The second-order valence-electron chi connectivity index (χ2n) is 6.50. The molecule has 1 aliphatic carbocycles. The monoisotopic (exact) mass is 275 g/mol. The number of nitrogens with one attached hydrogen (secondary N) is 1. The van der Waals surface area contributed by atoms with Gasteiger partial charge in [-0.2, -0.15) is 0 Å². The highest BCUT2D eigenvalue weighted by Gasteiger charge is 2.57. The number of hydrogen-bond acceptors (Lipinski definition) is 3. The van der Waals surface area contributed by atoms with Crippen molar-refractivity contribution in [1.29, 1.82) is 0 Å². The van der Waals surface area contributed by atoms with Gasteiger partial charge in [0, 0.05) is 29.7 Å². The third-order valence-electron chi connectivity index (χ3n) is 4.82. The number of ether oxygens (including phenoxy) is 2. The van der Waals surface area contributed by atoms with Crippen LogP contribution in [0, 0.1) is 11.3 Å². The molecule has 2 aliphatic rings. The van der Waals surface area contributed by atoms with Crippen molar-refractivity contribution in [2.24, 2.45) is 11.3 Å². The maximum absolute atomic E-state index is 5.95. The summed E-state index contributed by atoms with van der Waals surface area (Å²) in [6.07, 6.45) is 2.90. The highest BCUT2D eigenvalue weighted by Crippen LogP contribution is 2.52. The number of rotatable bonds is 4. The first-order valence-corrected chi connectivity index (χ1v) is 7.74. The van der Waals surface area contributed by atoms with Crippen LogP contribution < -0.4 is 10.1 Å².